The molecule has 0 radical (unpaired) electrons. The minimum absolute atomic E-state index is 0.0922. The summed E-state index contributed by atoms with van der Waals surface area (Å²) >= 11 is 0. The van der Waals surface area contributed by atoms with Crippen LogP contribution < -0.4 is 10.6 Å². The average Bonchev–Trinajstić information content (AvgIpc) is 3.54. The van der Waals surface area contributed by atoms with Crippen molar-refractivity contribution in [2.45, 2.75) is 44.2 Å². The summed E-state index contributed by atoms with van der Waals surface area (Å²) in [6.45, 7) is 0. The van der Waals surface area contributed by atoms with Crippen LogP contribution in [0.4, 0.5) is 10.3 Å². The number of nitrogens with one attached hydrogen (secondary N) is 3. The summed E-state index contributed by atoms with van der Waals surface area (Å²) in [4.78, 5) is 20.3. The molecule has 3 N–H and O–H groups in total. The van der Waals surface area contributed by atoms with Crippen molar-refractivity contribution in [3.63, 3.8) is 0 Å². The van der Waals surface area contributed by atoms with E-state index in [1.807, 2.05) is 24.3 Å². The highest BCUT2D eigenvalue weighted by Gasteiger charge is 2.42. The molecule has 2 aromatic carbocycles. The Hall–Kier alpha value is -3.24. The standard InChI is InChI=1S/C25H26FN5O/c1-28-25-30-21-7-5-16(12-22(21)31-25)15-2-3-17(20(26)11-15)8-14(13-27)9-23(32)24-18-4-6-19(10-18)29-24/h2-3,5,7,11-12,14,18-19,24,29H,4,6,8-10H2,1H3,(H2,28,30,31)/t14-,18+,19-,24+/m1/s1. The van der Waals surface area contributed by atoms with Crippen LogP contribution in [-0.4, -0.2) is 34.9 Å². The Kier molecular flexibility index (Phi) is 5.40. The first kappa shape index (κ1) is 20.7. The predicted molar refractivity (Wildman–Crippen MR) is 122 cm³/mol. The van der Waals surface area contributed by atoms with Gasteiger partial charge in [0.25, 0.3) is 0 Å². The fraction of sp³-hybridized carbons (Fsp3) is 0.400. The Labute approximate surface area is 186 Å². The lowest BCUT2D eigenvalue weighted by Gasteiger charge is -2.22. The highest BCUT2D eigenvalue weighted by atomic mass is 19.1. The van der Waals surface area contributed by atoms with Gasteiger partial charge in [-0.05, 0) is 66.5 Å². The quantitative estimate of drug-likeness (QED) is 0.522. The number of nitriles is 1. The average molecular weight is 432 g/mol. The summed E-state index contributed by atoms with van der Waals surface area (Å²) < 4.78 is 14.9. The van der Waals surface area contributed by atoms with Gasteiger partial charge in [-0.25, -0.2) is 9.37 Å². The Balaban J connectivity index is 1.29. The smallest absolute Gasteiger partial charge is 0.200 e. The number of hydrogen-bond acceptors (Lipinski definition) is 5. The Morgan fingerprint density at radius 3 is 2.78 bits per heavy atom. The van der Waals surface area contributed by atoms with Gasteiger partial charge in [-0.15, -0.1) is 0 Å². The molecule has 2 heterocycles. The Morgan fingerprint density at radius 2 is 2.09 bits per heavy atom. The normalized spacial score (nSPS) is 22.7. The number of aromatic amines is 1. The number of hydrogen-bond donors (Lipinski definition) is 3. The number of aromatic nitrogens is 2. The lowest BCUT2D eigenvalue weighted by Crippen LogP contribution is -2.42. The summed E-state index contributed by atoms with van der Waals surface area (Å²) in [5, 5.41) is 16.0. The number of anilines is 1. The van der Waals surface area contributed by atoms with E-state index in [1.165, 1.54) is 6.07 Å². The number of carbonyl (C=O) groups is 1. The van der Waals surface area contributed by atoms with Crippen LogP contribution in [0.3, 0.4) is 0 Å². The molecule has 3 aromatic rings. The maximum atomic E-state index is 14.9. The van der Waals surface area contributed by atoms with Crippen LogP contribution in [0.5, 0.6) is 0 Å². The fourth-order valence-electron chi connectivity index (χ4n) is 5.22. The molecule has 0 spiro atoms. The van der Waals surface area contributed by atoms with Crippen LogP contribution in [-0.2, 0) is 11.2 Å². The van der Waals surface area contributed by atoms with E-state index in [1.54, 1.807) is 13.1 Å². The number of benzene rings is 2. The molecular formula is C25H26FN5O. The van der Waals surface area contributed by atoms with Gasteiger partial charge in [0.2, 0.25) is 5.95 Å². The number of ketones is 1. The molecular weight excluding hydrogens is 405 g/mol. The molecule has 0 unspecified atom stereocenters. The first-order valence-corrected chi connectivity index (χ1v) is 11.2. The molecule has 4 atom stereocenters. The molecule has 32 heavy (non-hydrogen) atoms. The maximum absolute atomic E-state index is 14.9. The van der Waals surface area contributed by atoms with Gasteiger partial charge in [0.1, 0.15) is 5.82 Å². The van der Waals surface area contributed by atoms with Gasteiger partial charge in [0.15, 0.2) is 5.78 Å². The second kappa shape index (κ2) is 8.36. The zero-order valence-electron chi connectivity index (χ0n) is 18.0. The fourth-order valence-corrected chi connectivity index (χ4v) is 5.22. The summed E-state index contributed by atoms with van der Waals surface area (Å²) in [7, 11) is 1.79. The van der Waals surface area contributed by atoms with Crippen molar-refractivity contribution >= 4 is 22.8 Å². The van der Waals surface area contributed by atoms with Gasteiger partial charge >= 0.3 is 0 Å². The molecule has 2 aliphatic rings. The van der Waals surface area contributed by atoms with E-state index in [4.69, 9.17) is 0 Å². The zero-order chi connectivity index (χ0) is 22.2. The predicted octanol–water partition coefficient (Wildman–Crippen LogP) is 4.19. The van der Waals surface area contributed by atoms with E-state index in [0.29, 0.717) is 23.5 Å². The molecule has 7 heteroatoms. The second-order valence-electron chi connectivity index (χ2n) is 8.99. The van der Waals surface area contributed by atoms with Crippen LogP contribution >= 0.6 is 0 Å². The SMILES string of the molecule is CNc1nc2ccc(-c3ccc(C[C@@H](C#N)CC(=O)[C@H]4N[C@@H]5CC[C@H]4C5)c(F)c3)cc2[nH]1. The first-order chi connectivity index (χ1) is 15.5. The number of rotatable bonds is 7. The van der Waals surface area contributed by atoms with Crippen molar-refractivity contribution in [1.82, 2.24) is 15.3 Å². The van der Waals surface area contributed by atoms with E-state index in [0.717, 1.165) is 41.4 Å². The summed E-state index contributed by atoms with van der Waals surface area (Å²) in [5.74, 6) is 0.296. The molecule has 1 aliphatic heterocycles. The largest absolute Gasteiger partial charge is 0.359 e. The van der Waals surface area contributed by atoms with Crippen LogP contribution in [0.2, 0.25) is 0 Å². The molecule has 2 bridgehead atoms. The van der Waals surface area contributed by atoms with Gasteiger partial charge in [-0.1, -0.05) is 18.2 Å². The molecule has 1 saturated carbocycles. The van der Waals surface area contributed by atoms with Gasteiger partial charge in [0, 0.05) is 19.5 Å². The molecule has 1 aliphatic carbocycles. The summed E-state index contributed by atoms with van der Waals surface area (Å²) in [6.07, 6.45) is 3.69. The number of carbonyl (C=O) groups excluding carboxylic acids is 1. The second-order valence-corrected chi connectivity index (χ2v) is 8.99. The topological polar surface area (TPSA) is 93.6 Å². The van der Waals surface area contributed by atoms with Crippen molar-refractivity contribution in [3.05, 3.63) is 47.8 Å². The third kappa shape index (κ3) is 3.87. The molecule has 5 rings (SSSR count). The number of nitrogens with zero attached hydrogens (tertiary/aromatic N) is 2. The van der Waals surface area contributed by atoms with E-state index in [2.05, 4.69) is 26.7 Å². The Morgan fingerprint density at radius 1 is 1.28 bits per heavy atom. The summed E-state index contributed by atoms with van der Waals surface area (Å²) in [6, 6.07) is 13.4. The van der Waals surface area contributed by atoms with Gasteiger partial charge in [-0.2, -0.15) is 5.26 Å². The number of Topliss-reactive ketones (excluding diaryl/α,β-unsaturated/α-hetero) is 1. The molecule has 2 fully saturated rings. The number of H-pyrrole nitrogens is 1. The number of halogens is 1. The third-order valence-electron chi connectivity index (χ3n) is 6.91. The first-order valence-electron chi connectivity index (χ1n) is 11.2. The molecule has 6 nitrogen and oxygen atoms in total. The van der Waals surface area contributed by atoms with Crippen molar-refractivity contribution < 1.29 is 9.18 Å². The highest BCUT2D eigenvalue weighted by Crippen LogP contribution is 2.36. The van der Waals surface area contributed by atoms with Crippen LogP contribution in [0.15, 0.2) is 36.4 Å². The van der Waals surface area contributed by atoms with Gasteiger partial charge in [0.05, 0.1) is 29.1 Å². The number of fused-ring (bicyclic) bond motifs is 3. The molecule has 1 aromatic heterocycles. The molecule has 1 saturated heterocycles. The van der Waals surface area contributed by atoms with E-state index < -0.39 is 5.92 Å². The number of piperidine rings is 1. The van der Waals surface area contributed by atoms with Crippen LogP contribution in [0.25, 0.3) is 22.2 Å². The lowest BCUT2D eigenvalue weighted by molar-refractivity contribution is -0.122. The van der Waals surface area contributed by atoms with Crippen LogP contribution in [0.1, 0.15) is 31.2 Å². The minimum Gasteiger partial charge on any atom is -0.359 e. The Bertz CT molecular complexity index is 1210. The summed E-state index contributed by atoms with van der Waals surface area (Å²) in [5.41, 5.74) is 3.80. The zero-order valence-corrected chi connectivity index (χ0v) is 18.0. The monoisotopic (exact) mass is 431 g/mol. The van der Waals surface area contributed by atoms with E-state index in [-0.39, 0.29) is 30.5 Å². The van der Waals surface area contributed by atoms with Crippen molar-refractivity contribution in [2.24, 2.45) is 11.8 Å². The number of imidazole rings is 1. The van der Waals surface area contributed by atoms with Crippen LogP contribution in [0, 0.1) is 29.0 Å². The highest BCUT2D eigenvalue weighted by molar-refractivity contribution is 5.85. The van der Waals surface area contributed by atoms with Crippen molar-refractivity contribution in [2.75, 3.05) is 12.4 Å². The van der Waals surface area contributed by atoms with Gasteiger partial charge in [-0.3, -0.25) is 4.79 Å². The maximum Gasteiger partial charge on any atom is 0.200 e. The third-order valence-corrected chi connectivity index (χ3v) is 6.91. The minimum atomic E-state index is -0.523. The van der Waals surface area contributed by atoms with Crippen molar-refractivity contribution in [1.29, 1.82) is 5.26 Å². The molecule has 164 valence electrons. The molecule has 0 amide bonds. The van der Waals surface area contributed by atoms with Crippen molar-refractivity contribution in [3.8, 4) is 17.2 Å². The lowest BCUT2D eigenvalue weighted by atomic mass is 9.88. The van der Waals surface area contributed by atoms with E-state index >= 15 is 0 Å². The van der Waals surface area contributed by atoms with Gasteiger partial charge < -0.3 is 15.6 Å². The van der Waals surface area contributed by atoms with E-state index in [9.17, 15) is 14.4 Å².